The zero-order chi connectivity index (χ0) is 17.8. The van der Waals surface area contributed by atoms with Crippen LogP contribution in [0.1, 0.15) is 70.4 Å². The average Bonchev–Trinajstić information content (AvgIpc) is 2.42. The first-order valence-corrected chi connectivity index (χ1v) is 9.07. The van der Waals surface area contributed by atoms with Crippen molar-refractivity contribution in [2.75, 3.05) is 6.61 Å². The van der Waals surface area contributed by atoms with Gasteiger partial charge in [0.15, 0.2) is 0 Å². The van der Waals surface area contributed by atoms with Crippen molar-refractivity contribution in [3.8, 4) is 0 Å². The van der Waals surface area contributed by atoms with Crippen LogP contribution in [0.4, 0.5) is 0 Å². The van der Waals surface area contributed by atoms with Gasteiger partial charge in [0.25, 0.3) is 0 Å². The van der Waals surface area contributed by atoms with E-state index in [9.17, 15) is 9.35 Å². The summed E-state index contributed by atoms with van der Waals surface area (Å²) in [6, 6.07) is 7.23. The molecule has 0 bridgehead atoms. The van der Waals surface area contributed by atoms with Crippen LogP contribution < -0.4 is 4.72 Å². The Morgan fingerprint density at radius 2 is 1.70 bits per heavy atom. The van der Waals surface area contributed by atoms with Gasteiger partial charge < -0.3 is 9.29 Å². The summed E-state index contributed by atoms with van der Waals surface area (Å²) in [5.41, 5.74) is 1.41. The van der Waals surface area contributed by atoms with Gasteiger partial charge in [-0.05, 0) is 50.8 Å². The van der Waals surface area contributed by atoms with Crippen molar-refractivity contribution in [3.63, 3.8) is 0 Å². The van der Waals surface area contributed by atoms with Gasteiger partial charge in [-0.1, -0.05) is 32.9 Å². The van der Waals surface area contributed by atoms with E-state index >= 15 is 0 Å². The van der Waals surface area contributed by atoms with Gasteiger partial charge in [0.2, 0.25) is 0 Å². The van der Waals surface area contributed by atoms with Crippen LogP contribution in [0.2, 0.25) is 0 Å². The topological polar surface area (TPSA) is 61.4 Å². The second-order valence-corrected chi connectivity index (χ2v) is 9.64. The Balaban J connectivity index is 3.03. The molecular weight excluding hydrogens is 310 g/mol. The molecule has 1 aromatic carbocycles. The van der Waals surface area contributed by atoms with Crippen molar-refractivity contribution >= 4 is 17.3 Å². The van der Waals surface area contributed by atoms with Crippen LogP contribution in [0.3, 0.4) is 0 Å². The van der Waals surface area contributed by atoms with Gasteiger partial charge in [-0.2, -0.15) is 0 Å². The number of carbonyl (C=O) groups excluding carboxylic acids is 1. The largest absolute Gasteiger partial charge is 0.598 e. The lowest BCUT2D eigenvalue weighted by Crippen LogP contribution is -2.44. The number of rotatable bonds is 5. The Morgan fingerprint density at radius 3 is 2.09 bits per heavy atom. The molecule has 0 radical (unpaired) electrons. The minimum absolute atomic E-state index is 0.0844. The molecule has 1 unspecified atom stereocenters. The number of hydrogen-bond acceptors (Lipinski definition) is 4. The van der Waals surface area contributed by atoms with Gasteiger partial charge in [-0.25, -0.2) is 4.79 Å². The third-order valence-electron chi connectivity index (χ3n) is 3.40. The van der Waals surface area contributed by atoms with Crippen molar-refractivity contribution in [1.29, 1.82) is 0 Å². The molecule has 0 amide bonds. The molecule has 2 atom stereocenters. The van der Waals surface area contributed by atoms with E-state index in [2.05, 4.69) is 25.5 Å². The molecule has 1 N–H and O–H groups in total. The summed E-state index contributed by atoms with van der Waals surface area (Å²) in [6.45, 7) is 14.3. The standard InChI is InChI=1S/C18H29NO3S/c1-8-22-16(20)14-11-9-13(10-12-14)15(17(2,3)4)19-23(21)18(5,6)7/h9-12,15,19H,8H2,1-7H3/t15-,23?/m1/s1. The summed E-state index contributed by atoms with van der Waals surface area (Å²) in [5.74, 6) is -0.322. The van der Waals surface area contributed by atoms with Crippen molar-refractivity contribution < 1.29 is 14.1 Å². The third-order valence-corrected chi connectivity index (χ3v) is 4.96. The highest BCUT2D eigenvalue weighted by molar-refractivity contribution is 7.90. The van der Waals surface area contributed by atoms with Crippen LogP contribution in [-0.4, -0.2) is 21.9 Å². The highest BCUT2D eigenvalue weighted by atomic mass is 32.2. The predicted octanol–water partition coefficient (Wildman–Crippen LogP) is 4.00. The van der Waals surface area contributed by atoms with Gasteiger partial charge in [0, 0.05) is 11.4 Å². The molecule has 0 aliphatic carbocycles. The van der Waals surface area contributed by atoms with E-state index in [-0.39, 0.29) is 22.2 Å². The zero-order valence-electron chi connectivity index (χ0n) is 15.2. The molecule has 0 saturated carbocycles. The summed E-state index contributed by atoms with van der Waals surface area (Å²) in [5, 5.41) is 0. The van der Waals surface area contributed by atoms with E-state index in [1.54, 1.807) is 19.1 Å². The van der Waals surface area contributed by atoms with Crippen LogP contribution in [0.15, 0.2) is 24.3 Å². The van der Waals surface area contributed by atoms with Crippen molar-refractivity contribution in [3.05, 3.63) is 35.4 Å². The fourth-order valence-corrected chi connectivity index (χ4v) is 3.11. The second-order valence-electron chi connectivity index (χ2n) is 7.64. The predicted molar refractivity (Wildman–Crippen MR) is 95.6 cm³/mol. The van der Waals surface area contributed by atoms with Gasteiger partial charge in [-0.3, -0.25) is 0 Å². The fraction of sp³-hybridized carbons (Fsp3) is 0.611. The number of esters is 1. The summed E-state index contributed by atoms with van der Waals surface area (Å²) < 4.78 is 20.4. The normalized spacial score (nSPS) is 15.1. The first-order chi connectivity index (χ1) is 10.5. The van der Waals surface area contributed by atoms with Crippen molar-refractivity contribution in [1.82, 2.24) is 4.72 Å². The van der Waals surface area contributed by atoms with Crippen molar-refractivity contribution in [2.45, 2.75) is 59.3 Å². The number of benzene rings is 1. The lowest BCUT2D eigenvalue weighted by atomic mass is 9.83. The van der Waals surface area contributed by atoms with Gasteiger partial charge in [0.05, 0.1) is 18.2 Å². The maximum absolute atomic E-state index is 12.5. The van der Waals surface area contributed by atoms with E-state index in [0.717, 1.165) is 5.56 Å². The second kappa shape index (κ2) is 7.69. The molecular formula is C18H29NO3S. The van der Waals surface area contributed by atoms with Crippen molar-refractivity contribution in [2.24, 2.45) is 5.41 Å². The third kappa shape index (κ3) is 5.83. The minimum Gasteiger partial charge on any atom is -0.598 e. The average molecular weight is 340 g/mol. The summed E-state index contributed by atoms with van der Waals surface area (Å²) in [4.78, 5) is 11.7. The Bertz CT molecular complexity index is 515. The Kier molecular flexibility index (Phi) is 6.69. The van der Waals surface area contributed by atoms with Crippen LogP contribution >= 0.6 is 0 Å². The number of nitrogens with one attached hydrogen (secondary N) is 1. The van der Waals surface area contributed by atoms with Crippen LogP contribution in [-0.2, 0) is 16.1 Å². The van der Waals surface area contributed by atoms with E-state index in [0.29, 0.717) is 12.2 Å². The van der Waals surface area contributed by atoms with Gasteiger partial charge in [-0.15, -0.1) is 4.72 Å². The first kappa shape index (κ1) is 20.0. The van der Waals surface area contributed by atoms with Crippen LogP contribution in [0.5, 0.6) is 0 Å². The molecule has 0 aliphatic rings. The molecule has 130 valence electrons. The molecule has 5 heteroatoms. The van der Waals surface area contributed by atoms with E-state index < -0.39 is 11.4 Å². The molecule has 0 spiro atoms. The molecule has 0 aliphatic heterocycles. The molecule has 0 fully saturated rings. The smallest absolute Gasteiger partial charge is 0.338 e. The van der Waals surface area contributed by atoms with Crippen LogP contribution in [0, 0.1) is 5.41 Å². The molecule has 1 rings (SSSR count). The maximum atomic E-state index is 12.5. The molecule has 0 heterocycles. The molecule has 0 aromatic heterocycles. The van der Waals surface area contributed by atoms with Crippen LogP contribution in [0.25, 0.3) is 0 Å². The number of ether oxygens (including phenoxy) is 1. The van der Waals surface area contributed by atoms with E-state index in [1.807, 2.05) is 32.9 Å². The van der Waals surface area contributed by atoms with E-state index in [1.165, 1.54) is 0 Å². The summed E-state index contributed by atoms with van der Waals surface area (Å²) >= 11 is -1.17. The van der Waals surface area contributed by atoms with E-state index in [4.69, 9.17) is 4.74 Å². The lowest BCUT2D eigenvalue weighted by Gasteiger charge is -2.35. The maximum Gasteiger partial charge on any atom is 0.338 e. The Labute approximate surface area is 143 Å². The lowest BCUT2D eigenvalue weighted by molar-refractivity contribution is 0.0526. The number of hydrogen-bond donors (Lipinski definition) is 1. The molecule has 4 nitrogen and oxygen atoms in total. The van der Waals surface area contributed by atoms with Gasteiger partial charge >= 0.3 is 5.97 Å². The first-order valence-electron chi connectivity index (χ1n) is 7.92. The highest BCUT2D eigenvalue weighted by Gasteiger charge is 2.35. The summed E-state index contributed by atoms with van der Waals surface area (Å²) in [6.07, 6.45) is 0. The molecule has 1 aromatic rings. The van der Waals surface area contributed by atoms with Gasteiger partial charge in [0.1, 0.15) is 4.75 Å². The molecule has 0 saturated heterocycles. The number of carbonyl (C=O) groups is 1. The monoisotopic (exact) mass is 339 g/mol. The minimum atomic E-state index is -1.17. The Morgan fingerprint density at radius 1 is 1.17 bits per heavy atom. The fourth-order valence-electron chi connectivity index (χ4n) is 2.05. The quantitative estimate of drug-likeness (QED) is 0.650. The zero-order valence-corrected chi connectivity index (χ0v) is 16.0. The molecule has 23 heavy (non-hydrogen) atoms. The SMILES string of the molecule is CCOC(=O)c1ccc([C@@H](N[S+]([O-])C(C)(C)C)C(C)(C)C)cc1. The summed E-state index contributed by atoms with van der Waals surface area (Å²) in [7, 11) is 0. The Hall–Kier alpha value is -1.04. The highest BCUT2D eigenvalue weighted by Crippen LogP contribution is 2.34.